The summed E-state index contributed by atoms with van der Waals surface area (Å²) in [4.78, 5) is 26.5. The molecule has 1 saturated heterocycles. The van der Waals surface area contributed by atoms with Gasteiger partial charge in [-0.15, -0.1) is 0 Å². The van der Waals surface area contributed by atoms with E-state index in [1.54, 1.807) is 18.2 Å². The average Bonchev–Trinajstić information content (AvgIpc) is 3.39. The minimum atomic E-state index is -3.04. The second-order valence-corrected chi connectivity index (χ2v) is 9.35. The molecule has 5 rings (SSSR count). The van der Waals surface area contributed by atoms with Crippen molar-refractivity contribution in [2.45, 2.75) is 25.2 Å². The molecule has 1 amide bonds. The second-order valence-electron chi connectivity index (χ2n) is 9.35. The molecule has 3 heterocycles. The summed E-state index contributed by atoms with van der Waals surface area (Å²) in [5.74, 6) is -3.10. The van der Waals surface area contributed by atoms with Gasteiger partial charge in [-0.3, -0.25) is 9.69 Å². The van der Waals surface area contributed by atoms with Gasteiger partial charge in [0.05, 0.1) is 18.7 Å². The molecule has 0 bridgehead atoms. The maximum Gasteiger partial charge on any atom is 0.266 e. The first kappa shape index (κ1) is 25.7. The van der Waals surface area contributed by atoms with Crippen LogP contribution >= 0.6 is 0 Å². The van der Waals surface area contributed by atoms with Gasteiger partial charge in [-0.2, -0.15) is 0 Å². The molecule has 3 N–H and O–H groups in total. The fraction of sp³-hybridized carbons (Fsp3) is 0.321. The number of anilines is 3. The Balaban J connectivity index is 1.19. The van der Waals surface area contributed by atoms with E-state index in [1.165, 1.54) is 6.33 Å². The maximum absolute atomic E-state index is 14.3. The summed E-state index contributed by atoms with van der Waals surface area (Å²) in [7, 11) is 0. The number of allylic oxidation sites excluding steroid dienone is 1. The molecule has 2 aromatic carbocycles. The number of hydrogen-bond acceptors (Lipinski definition) is 6. The third-order valence-electron chi connectivity index (χ3n) is 6.54. The van der Waals surface area contributed by atoms with Crippen LogP contribution < -0.4 is 10.6 Å². The standard InChI is InChI=1S/C28H30F2N6O2/c29-28(30,9-1-2-12-36-13-15-38-16-14-36)10-7-26(37)34-21-5-6-24-23(17-21)27(33-19-32-24)35-22-4-3-20-8-11-31-25(20)18-22/h3-8,10-11,17-19,31H,1-2,9,12-16H2,(H,34,37)(H,32,33,35)/b10-7+. The number of ether oxygens (including phenoxy) is 1. The number of benzene rings is 2. The summed E-state index contributed by atoms with van der Waals surface area (Å²) in [5, 5.41) is 7.74. The number of unbranched alkanes of at least 4 members (excludes halogenated alkanes) is 1. The third kappa shape index (κ3) is 6.70. The molecule has 0 saturated carbocycles. The number of amides is 1. The van der Waals surface area contributed by atoms with E-state index in [4.69, 9.17) is 4.74 Å². The Morgan fingerprint density at radius 1 is 1.08 bits per heavy atom. The number of nitrogens with one attached hydrogen (secondary N) is 3. The largest absolute Gasteiger partial charge is 0.379 e. The molecule has 8 nitrogen and oxygen atoms in total. The first-order chi connectivity index (χ1) is 18.4. The lowest BCUT2D eigenvalue weighted by atomic mass is 10.1. The SMILES string of the molecule is O=C(/C=C/C(F)(F)CCCCN1CCOCC1)Nc1ccc2ncnc(Nc3ccc4cc[nH]c4c3)c2c1. The summed E-state index contributed by atoms with van der Waals surface area (Å²) in [5.41, 5.74) is 2.96. The highest BCUT2D eigenvalue weighted by atomic mass is 19.3. The third-order valence-corrected chi connectivity index (χ3v) is 6.54. The van der Waals surface area contributed by atoms with Gasteiger partial charge in [0.1, 0.15) is 12.1 Å². The van der Waals surface area contributed by atoms with Gasteiger partial charge in [-0.05, 0) is 67.2 Å². The smallest absolute Gasteiger partial charge is 0.266 e. The molecule has 1 aliphatic heterocycles. The molecular formula is C28H30F2N6O2. The number of aromatic amines is 1. The number of H-pyrrole nitrogens is 1. The van der Waals surface area contributed by atoms with Crippen LogP contribution in [0.5, 0.6) is 0 Å². The zero-order valence-corrected chi connectivity index (χ0v) is 20.9. The van der Waals surface area contributed by atoms with Crippen LogP contribution in [0.3, 0.4) is 0 Å². The van der Waals surface area contributed by atoms with Gasteiger partial charge in [0.15, 0.2) is 0 Å². The van der Waals surface area contributed by atoms with Gasteiger partial charge in [0.25, 0.3) is 5.92 Å². The Morgan fingerprint density at radius 3 is 2.79 bits per heavy atom. The predicted octanol–water partition coefficient (Wildman–Crippen LogP) is 5.49. The molecule has 198 valence electrons. The molecule has 0 radical (unpaired) electrons. The molecule has 0 aliphatic carbocycles. The fourth-order valence-corrected chi connectivity index (χ4v) is 4.48. The highest BCUT2D eigenvalue weighted by Crippen LogP contribution is 2.28. The van der Waals surface area contributed by atoms with E-state index in [1.807, 2.05) is 30.5 Å². The van der Waals surface area contributed by atoms with E-state index in [2.05, 4.69) is 30.5 Å². The fourth-order valence-electron chi connectivity index (χ4n) is 4.48. The molecule has 2 aromatic heterocycles. The number of rotatable bonds is 10. The zero-order valence-electron chi connectivity index (χ0n) is 20.9. The minimum absolute atomic E-state index is 0.294. The van der Waals surface area contributed by atoms with Crippen LogP contribution in [0.25, 0.3) is 21.8 Å². The number of carbonyl (C=O) groups excluding carboxylic acids is 1. The lowest BCUT2D eigenvalue weighted by Crippen LogP contribution is -2.36. The summed E-state index contributed by atoms with van der Waals surface area (Å²) in [6, 6.07) is 13.1. The van der Waals surface area contributed by atoms with Gasteiger partial charge in [0, 0.05) is 54.1 Å². The molecule has 1 aliphatic rings. The van der Waals surface area contributed by atoms with Crippen molar-refractivity contribution in [1.29, 1.82) is 0 Å². The van der Waals surface area contributed by atoms with Crippen LogP contribution in [0.15, 0.2) is 67.1 Å². The average molecular weight is 521 g/mol. The minimum Gasteiger partial charge on any atom is -0.379 e. The Labute approximate surface area is 219 Å². The Bertz CT molecular complexity index is 1430. The lowest BCUT2D eigenvalue weighted by Gasteiger charge is -2.26. The van der Waals surface area contributed by atoms with E-state index in [9.17, 15) is 13.6 Å². The molecule has 0 spiro atoms. The van der Waals surface area contributed by atoms with Gasteiger partial charge >= 0.3 is 0 Å². The lowest BCUT2D eigenvalue weighted by molar-refractivity contribution is -0.112. The second kappa shape index (κ2) is 11.7. The molecule has 1 fully saturated rings. The summed E-state index contributed by atoms with van der Waals surface area (Å²) in [6.07, 6.45) is 5.70. The van der Waals surface area contributed by atoms with Crippen LogP contribution in [0.2, 0.25) is 0 Å². The van der Waals surface area contributed by atoms with Crippen molar-refractivity contribution in [3.8, 4) is 0 Å². The summed E-state index contributed by atoms with van der Waals surface area (Å²) >= 11 is 0. The molecule has 0 atom stereocenters. The van der Waals surface area contributed by atoms with Crippen LogP contribution in [-0.4, -0.2) is 64.5 Å². The van der Waals surface area contributed by atoms with E-state index in [0.29, 0.717) is 54.5 Å². The van der Waals surface area contributed by atoms with E-state index in [-0.39, 0.29) is 6.42 Å². The van der Waals surface area contributed by atoms with Crippen molar-refractivity contribution >= 4 is 44.9 Å². The van der Waals surface area contributed by atoms with Crippen LogP contribution in [0, 0.1) is 0 Å². The number of aromatic nitrogens is 3. The van der Waals surface area contributed by atoms with Gasteiger partial charge in [-0.25, -0.2) is 18.7 Å². The van der Waals surface area contributed by atoms with E-state index >= 15 is 0 Å². The summed E-state index contributed by atoms with van der Waals surface area (Å²) < 4.78 is 33.9. The van der Waals surface area contributed by atoms with Crippen molar-refractivity contribution in [1.82, 2.24) is 19.9 Å². The number of fused-ring (bicyclic) bond motifs is 2. The van der Waals surface area contributed by atoms with Crippen molar-refractivity contribution < 1.29 is 18.3 Å². The van der Waals surface area contributed by atoms with Crippen molar-refractivity contribution in [2.75, 3.05) is 43.5 Å². The quantitative estimate of drug-likeness (QED) is 0.189. The monoisotopic (exact) mass is 520 g/mol. The topological polar surface area (TPSA) is 95.2 Å². The Morgan fingerprint density at radius 2 is 1.92 bits per heavy atom. The molecular weight excluding hydrogens is 490 g/mol. The molecule has 38 heavy (non-hydrogen) atoms. The maximum atomic E-state index is 14.3. The number of halogens is 2. The molecule has 10 heteroatoms. The highest BCUT2D eigenvalue weighted by molar-refractivity contribution is 6.02. The zero-order chi connectivity index (χ0) is 26.4. The Kier molecular flexibility index (Phi) is 7.90. The van der Waals surface area contributed by atoms with Crippen LogP contribution in [-0.2, 0) is 9.53 Å². The van der Waals surface area contributed by atoms with Gasteiger partial charge in [-0.1, -0.05) is 6.07 Å². The predicted molar refractivity (Wildman–Crippen MR) is 145 cm³/mol. The normalized spacial score (nSPS) is 14.9. The van der Waals surface area contributed by atoms with E-state index in [0.717, 1.165) is 42.3 Å². The number of nitrogens with zero attached hydrogens (tertiary/aromatic N) is 3. The number of carbonyl (C=O) groups is 1. The number of alkyl halides is 2. The first-order valence-electron chi connectivity index (χ1n) is 12.7. The number of hydrogen-bond donors (Lipinski definition) is 3. The van der Waals surface area contributed by atoms with Crippen molar-refractivity contribution in [2.24, 2.45) is 0 Å². The van der Waals surface area contributed by atoms with E-state index < -0.39 is 11.8 Å². The number of morpholine rings is 1. The van der Waals surface area contributed by atoms with Crippen molar-refractivity contribution in [3.05, 3.63) is 67.1 Å². The molecule has 0 unspecified atom stereocenters. The highest BCUT2D eigenvalue weighted by Gasteiger charge is 2.24. The molecule has 4 aromatic rings. The van der Waals surface area contributed by atoms with Gasteiger partial charge < -0.3 is 20.4 Å². The first-order valence-corrected chi connectivity index (χ1v) is 12.7. The van der Waals surface area contributed by atoms with Gasteiger partial charge in [0.2, 0.25) is 5.91 Å². The van der Waals surface area contributed by atoms with Crippen molar-refractivity contribution in [3.63, 3.8) is 0 Å². The summed E-state index contributed by atoms with van der Waals surface area (Å²) in [6.45, 7) is 3.86. The van der Waals surface area contributed by atoms with Crippen LogP contribution in [0.1, 0.15) is 19.3 Å². The van der Waals surface area contributed by atoms with Crippen LogP contribution in [0.4, 0.5) is 26.0 Å². The Hall–Kier alpha value is -3.89.